The monoisotopic (exact) mass is 273 g/mol. The minimum absolute atomic E-state index is 0.159. The van der Waals surface area contributed by atoms with Crippen molar-refractivity contribution in [1.82, 2.24) is 10.2 Å². The lowest BCUT2D eigenvalue weighted by Gasteiger charge is -2.08. The Bertz CT molecular complexity index is 573. The van der Waals surface area contributed by atoms with Crippen molar-refractivity contribution >= 4 is 11.7 Å². The van der Waals surface area contributed by atoms with Crippen molar-refractivity contribution in [3.8, 4) is 0 Å². The quantitative estimate of drug-likeness (QED) is 0.880. The fourth-order valence-corrected chi connectivity index (χ4v) is 1.67. The molecule has 0 fully saturated rings. The molecule has 1 heterocycles. The second-order valence-electron chi connectivity index (χ2n) is 4.94. The number of ether oxygens (including phenoxy) is 1. The first kappa shape index (κ1) is 14.3. The minimum Gasteiger partial charge on any atom is -0.374 e. The Labute approximate surface area is 118 Å². The number of rotatable bonds is 5. The molecule has 0 aliphatic heterocycles. The van der Waals surface area contributed by atoms with Crippen LogP contribution in [-0.4, -0.2) is 22.2 Å². The van der Waals surface area contributed by atoms with E-state index in [4.69, 9.17) is 4.74 Å². The molecule has 20 heavy (non-hydrogen) atoms. The molecule has 2 aromatic rings. The molecule has 2 N–H and O–H groups in total. The lowest BCUT2D eigenvalue weighted by molar-refractivity contribution is 0.0657. The van der Waals surface area contributed by atoms with Crippen molar-refractivity contribution in [2.24, 2.45) is 0 Å². The van der Waals surface area contributed by atoms with Crippen LogP contribution in [-0.2, 0) is 11.3 Å². The molecule has 0 saturated heterocycles. The SMILES string of the molecule is Cc1cn[nH]c1NC(=O)c1ccc(COC(C)C)cc1. The molecular weight excluding hydrogens is 254 g/mol. The molecule has 0 atom stereocenters. The van der Waals surface area contributed by atoms with Crippen LogP contribution in [0.3, 0.4) is 0 Å². The molecule has 5 heteroatoms. The standard InChI is InChI=1S/C15H19N3O2/c1-10(2)20-9-12-4-6-13(7-5-12)15(19)17-14-11(3)8-16-18-14/h4-8,10H,9H2,1-3H3,(H2,16,17,18,19). The number of aromatic nitrogens is 2. The van der Waals surface area contributed by atoms with Gasteiger partial charge in [0.1, 0.15) is 5.82 Å². The first-order chi connectivity index (χ1) is 9.56. The maximum Gasteiger partial charge on any atom is 0.256 e. The highest BCUT2D eigenvalue weighted by molar-refractivity contribution is 6.04. The van der Waals surface area contributed by atoms with E-state index in [1.54, 1.807) is 18.3 Å². The van der Waals surface area contributed by atoms with Gasteiger partial charge >= 0.3 is 0 Å². The van der Waals surface area contributed by atoms with Gasteiger partial charge < -0.3 is 10.1 Å². The average Bonchev–Trinajstić information content (AvgIpc) is 2.82. The van der Waals surface area contributed by atoms with E-state index in [-0.39, 0.29) is 12.0 Å². The smallest absolute Gasteiger partial charge is 0.256 e. The molecular formula is C15H19N3O2. The van der Waals surface area contributed by atoms with Gasteiger partial charge in [-0.05, 0) is 38.5 Å². The molecule has 5 nitrogen and oxygen atoms in total. The van der Waals surface area contributed by atoms with Crippen LogP contribution in [0.5, 0.6) is 0 Å². The Morgan fingerprint density at radius 3 is 2.60 bits per heavy atom. The van der Waals surface area contributed by atoms with Crippen molar-refractivity contribution in [1.29, 1.82) is 0 Å². The van der Waals surface area contributed by atoms with E-state index in [1.807, 2.05) is 32.9 Å². The number of carbonyl (C=O) groups is 1. The van der Waals surface area contributed by atoms with Gasteiger partial charge in [-0.2, -0.15) is 5.10 Å². The van der Waals surface area contributed by atoms with Crippen LogP contribution in [0.4, 0.5) is 5.82 Å². The number of amides is 1. The molecule has 0 aliphatic rings. The van der Waals surface area contributed by atoms with Crippen molar-refractivity contribution in [2.75, 3.05) is 5.32 Å². The van der Waals surface area contributed by atoms with E-state index in [0.717, 1.165) is 11.1 Å². The number of nitrogens with zero attached hydrogens (tertiary/aromatic N) is 1. The van der Waals surface area contributed by atoms with E-state index < -0.39 is 0 Å². The summed E-state index contributed by atoms with van der Waals surface area (Å²) in [4.78, 5) is 12.1. The third kappa shape index (κ3) is 3.68. The van der Waals surface area contributed by atoms with Crippen molar-refractivity contribution < 1.29 is 9.53 Å². The maximum absolute atomic E-state index is 12.1. The lowest BCUT2D eigenvalue weighted by atomic mass is 10.1. The van der Waals surface area contributed by atoms with Gasteiger partial charge in [-0.1, -0.05) is 12.1 Å². The molecule has 2 rings (SSSR count). The van der Waals surface area contributed by atoms with E-state index >= 15 is 0 Å². The second-order valence-corrected chi connectivity index (χ2v) is 4.94. The van der Waals surface area contributed by atoms with Gasteiger partial charge in [-0.25, -0.2) is 0 Å². The van der Waals surface area contributed by atoms with Gasteiger partial charge in [0.05, 0.1) is 18.9 Å². The van der Waals surface area contributed by atoms with Gasteiger partial charge in [0.2, 0.25) is 0 Å². The summed E-state index contributed by atoms with van der Waals surface area (Å²) in [6.07, 6.45) is 1.86. The molecule has 1 aromatic heterocycles. The molecule has 0 aliphatic carbocycles. The van der Waals surface area contributed by atoms with Crippen molar-refractivity contribution in [3.63, 3.8) is 0 Å². The fraction of sp³-hybridized carbons (Fsp3) is 0.333. The number of carbonyl (C=O) groups excluding carboxylic acids is 1. The van der Waals surface area contributed by atoms with Crippen LogP contribution in [0.1, 0.15) is 35.3 Å². The molecule has 106 valence electrons. The summed E-state index contributed by atoms with van der Waals surface area (Å²) >= 11 is 0. The van der Waals surface area contributed by atoms with E-state index in [1.165, 1.54) is 0 Å². The predicted octanol–water partition coefficient (Wildman–Crippen LogP) is 2.90. The number of benzene rings is 1. The van der Waals surface area contributed by atoms with Crippen LogP contribution in [0.25, 0.3) is 0 Å². The van der Waals surface area contributed by atoms with Crippen molar-refractivity contribution in [2.45, 2.75) is 33.5 Å². The summed E-state index contributed by atoms with van der Waals surface area (Å²) in [5, 5.41) is 9.40. The molecule has 1 amide bonds. The number of nitrogens with one attached hydrogen (secondary N) is 2. The third-order valence-corrected chi connectivity index (χ3v) is 2.87. The molecule has 1 aromatic carbocycles. The highest BCUT2D eigenvalue weighted by Gasteiger charge is 2.08. The van der Waals surface area contributed by atoms with Gasteiger partial charge in [-0.3, -0.25) is 9.89 Å². The number of hydrogen-bond donors (Lipinski definition) is 2. The normalized spacial score (nSPS) is 10.8. The van der Waals surface area contributed by atoms with Crippen LogP contribution < -0.4 is 5.32 Å². The van der Waals surface area contributed by atoms with E-state index in [2.05, 4.69) is 15.5 Å². The zero-order valence-corrected chi connectivity index (χ0v) is 11.9. The Kier molecular flexibility index (Phi) is 4.53. The molecule has 0 radical (unpaired) electrons. The average molecular weight is 273 g/mol. The predicted molar refractivity (Wildman–Crippen MR) is 77.6 cm³/mol. The summed E-state index contributed by atoms with van der Waals surface area (Å²) < 4.78 is 5.52. The van der Waals surface area contributed by atoms with Crippen molar-refractivity contribution in [3.05, 3.63) is 47.2 Å². The van der Waals surface area contributed by atoms with Crippen LogP contribution in [0, 0.1) is 6.92 Å². The topological polar surface area (TPSA) is 67.0 Å². The largest absolute Gasteiger partial charge is 0.374 e. The van der Waals surface area contributed by atoms with Crippen LogP contribution in [0.15, 0.2) is 30.5 Å². The number of anilines is 1. The van der Waals surface area contributed by atoms with E-state index in [9.17, 15) is 4.79 Å². The summed E-state index contributed by atoms with van der Waals surface area (Å²) in [6.45, 7) is 6.42. The maximum atomic E-state index is 12.1. The fourth-order valence-electron chi connectivity index (χ4n) is 1.67. The summed E-state index contributed by atoms with van der Waals surface area (Å²) in [7, 11) is 0. The van der Waals surface area contributed by atoms with Gasteiger partial charge in [0.25, 0.3) is 5.91 Å². The lowest BCUT2D eigenvalue weighted by Crippen LogP contribution is -2.13. The number of hydrogen-bond acceptors (Lipinski definition) is 3. The Morgan fingerprint density at radius 2 is 2.05 bits per heavy atom. The molecule has 0 saturated carbocycles. The Hall–Kier alpha value is -2.14. The minimum atomic E-state index is -0.159. The third-order valence-electron chi connectivity index (χ3n) is 2.87. The molecule has 0 spiro atoms. The molecule has 0 unspecified atom stereocenters. The highest BCUT2D eigenvalue weighted by atomic mass is 16.5. The van der Waals surface area contributed by atoms with Gasteiger partial charge in [0.15, 0.2) is 0 Å². The number of aromatic amines is 1. The Balaban J connectivity index is 1.99. The first-order valence-electron chi connectivity index (χ1n) is 6.58. The van der Waals surface area contributed by atoms with Gasteiger partial charge in [0, 0.05) is 11.1 Å². The van der Waals surface area contributed by atoms with Crippen LogP contribution >= 0.6 is 0 Å². The summed E-state index contributed by atoms with van der Waals surface area (Å²) in [6, 6.07) is 7.38. The highest BCUT2D eigenvalue weighted by Crippen LogP contribution is 2.12. The first-order valence-corrected chi connectivity index (χ1v) is 6.58. The summed E-state index contributed by atoms with van der Waals surface area (Å²) in [5.41, 5.74) is 2.56. The number of H-pyrrole nitrogens is 1. The van der Waals surface area contributed by atoms with E-state index in [0.29, 0.717) is 18.0 Å². The van der Waals surface area contributed by atoms with Gasteiger partial charge in [-0.15, -0.1) is 0 Å². The zero-order chi connectivity index (χ0) is 14.5. The zero-order valence-electron chi connectivity index (χ0n) is 11.9. The Morgan fingerprint density at radius 1 is 1.35 bits per heavy atom. The summed E-state index contributed by atoms with van der Waals surface area (Å²) in [5.74, 6) is 0.468. The molecule has 0 bridgehead atoms. The van der Waals surface area contributed by atoms with Crippen LogP contribution in [0.2, 0.25) is 0 Å². The second kappa shape index (κ2) is 6.34. The number of aryl methyl sites for hydroxylation is 1.